The number of ether oxygens (including phenoxy) is 1. The van der Waals surface area contributed by atoms with Crippen molar-refractivity contribution < 1.29 is 9.26 Å². The molecule has 2 aromatic rings. The number of piperidine rings is 1. The van der Waals surface area contributed by atoms with Gasteiger partial charge in [0.15, 0.2) is 5.82 Å². The lowest BCUT2D eigenvalue weighted by Gasteiger charge is -2.33. The van der Waals surface area contributed by atoms with Gasteiger partial charge in [-0.2, -0.15) is 4.98 Å². The summed E-state index contributed by atoms with van der Waals surface area (Å²) in [6.45, 7) is 9.14. The van der Waals surface area contributed by atoms with Crippen LogP contribution >= 0.6 is 15.9 Å². The fourth-order valence-electron chi connectivity index (χ4n) is 3.28. The molecule has 3 heterocycles. The second kappa shape index (κ2) is 8.84. The summed E-state index contributed by atoms with van der Waals surface area (Å²) in [6, 6.07) is 4.51. The predicted octanol–water partition coefficient (Wildman–Crippen LogP) is 4.67. The van der Waals surface area contributed by atoms with E-state index >= 15 is 0 Å². The fraction of sp³-hybridized carbons (Fsp3) is 0.632. The SMILES string of the molecule is CC(C)c1noc(N2CCC(C(C)CCOc3ccc(Br)cn3)CC2)n1. The van der Waals surface area contributed by atoms with Gasteiger partial charge in [-0.15, -0.1) is 0 Å². The summed E-state index contributed by atoms with van der Waals surface area (Å²) in [7, 11) is 0. The zero-order chi connectivity index (χ0) is 18.5. The minimum atomic E-state index is 0.297. The molecule has 1 aliphatic heterocycles. The van der Waals surface area contributed by atoms with Crippen LogP contribution < -0.4 is 9.64 Å². The van der Waals surface area contributed by atoms with Crippen LogP contribution in [0.25, 0.3) is 0 Å². The average molecular weight is 423 g/mol. The van der Waals surface area contributed by atoms with Gasteiger partial charge in [0.1, 0.15) is 0 Å². The van der Waals surface area contributed by atoms with Crippen LogP contribution in [0.5, 0.6) is 5.88 Å². The molecule has 0 spiro atoms. The van der Waals surface area contributed by atoms with Crippen molar-refractivity contribution in [3.05, 3.63) is 28.6 Å². The summed E-state index contributed by atoms with van der Waals surface area (Å²) in [5.74, 6) is 3.11. The Morgan fingerprint density at radius 3 is 2.65 bits per heavy atom. The number of halogens is 1. The van der Waals surface area contributed by atoms with Crippen LogP contribution in [0.4, 0.5) is 6.01 Å². The van der Waals surface area contributed by atoms with E-state index in [9.17, 15) is 0 Å². The molecule has 0 amide bonds. The molecule has 0 bridgehead atoms. The van der Waals surface area contributed by atoms with E-state index in [4.69, 9.17) is 9.26 Å². The van der Waals surface area contributed by atoms with Crippen LogP contribution in [0.1, 0.15) is 51.8 Å². The first-order chi connectivity index (χ1) is 12.5. The lowest BCUT2D eigenvalue weighted by Crippen LogP contribution is -2.36. The minimum absolute atomic E-state index is 0.297. The Labute approximate surface area is 163 Å². The van der Waals surface area contributed by atoms with E-state index in [0.29, 0.717) is 36.3 Å². The minimum Gasteiger partial charge on any atom is -0.478 e. The van der Waals surface area contributed by atoms with E-state index in [0.717, 1.165) is 42.6 Å². The Morgan fingerprint density at radius 1 is 1.27 bits per heavy atom. The van der Waals surface area contributed by atoms with E-state index in [-0.39, 0.29) is 0 Å². The Kier molecular flexibility index (Phi) is 6.51. The van der Waals surface area contributed by atoms with Crippen LogP contribution in [0, 0.1) is 11.8 Å². The fourth-order valence-corrected chi connectivity index (χ4v) is 3.52. The summed E-state index contributed by atoms with van der Waals surface area (Å²) in [4.78, 5) is 11.0. The zero-order valence-corrected chi connectivity index (χ0v) is 17.3. The van der Waals surface area contributed by atoms with Crippen LogP contribution in [-0.4, -0.2) is 34.8 Å². The van der Waals surface area contributed by atoms with Crippen molar-refractivity contribution in [1.82, 2.24) is 15.1 Å². The third-order valence-corrected chi connectivity index (χ3v) is 5.55. The highest BCUT2D eigenvalue weighted by atomic mass is 79.9. The largest absolute Gasteiger partial charge is 0.478 e. The van der Waals surface area contributed by atoms with Gasteiger partial charge in [-0.3, -0.25) is 0 Å². The van der Waals surface area contributed by atoms with Gasteiger partial charge in [-0.25, -0.2) is 4.98 Å². The third kappa shape index (κ3) is 4.96. The van der Waals surface area contributed by atoms with E-state index < -0.39 is 0 Å². The monoisotopic (exact) mass is 422 g/mol. The van der Waals surface area contributed by atoms with E-state index in [1.165, 1.54) is 0 Å². The van der Waals surface area contributed by atoms with Gasteiger partial charge in [0.05, 0.1) is 6.61 Å². The molecular weight excluding hydrogens is 396 g/mol. The van der Waals surface area contributed by atoms with Crippen molar-refractivity contribution >= 4 is 21.9 Å². The molecule has 1 aliphatic rings. The first-order valence-electron chi connectivity index (χ1n) is 9.36. The van der Waals surface area contributed by atoms with Crippen LogP contribution in [0.2, 0.25) is 0 Å². The van der Waals surface area contributed by atoms with Crippen LogP contribution in [-0.2, 0) is 0 Å². The molecule has 1 saturated heterocycles. The maximum absolute atomic E-state index is 5.76. The molecule has 0 aliphatic carbocycles. The number of anilines is 1. The van der Waals surface area contributed by atoms with Gasteiger partial charge < -0.3 is 14.2 Å². The molecule has 2 aromatic heterocycles. The molecule has 26 heavy (non-hydrogen) atoms. The summed E-state index contributed by atoms with van der Waals surface area (Å²) in [5.41, 5.74) is 0. The van der Waals surface area contributed by atoms with E-state index in [1.54, 1.807) is 6.20 Å². The van der Waals surface area contributed by atoms with Crippen molar-refractivity contribution in [2.45, 2.75) is 46.0 Å². The first-order valence-corrected chi connectivity index (χ1v) is 10.1. The highest BCUT2D eigenvalue weighted by Gasteiger charge is 2.26. The molecule has 0 saturated carbocycles. The number of aromatic nitrogens is 3. The number of pyridine rings is 1. The number of nitrogens with zero attached hydrogens (tertiary/aromatic N) is 4. The van der Waals surface area contributed by atoms with Crippen LogP contribution in [0.15, 0.2) is 27.3 Å². The molecule has 1 fully saturated rings. The Morgan fingerprint density at radius 2 is 2.04 bits per heavy atom. The molecule has 0 N–H and O–H groups in total. The highest BCUT2D eigenvalue weighted by molar-refractivity contribution is 9.10. The number of hydrogen-bond acceptors (Lipinski definition) is 6. The van der Waals surface area contributed by atoms with Crippen molar-refractivity contribution in [3.63, 3.8) is 0 Å². The molecule has 142 valence electrons. The van der Waals surface area contributed by atoms with E-state index in [1.807, 2.05) is 12.1 Å². The smallest absolute Gasteiger partial charge is 0.324 e. The predicted molar refractivity (Wildman–Crippen MR) is 105 cm³/mol. The topological polar surface area (TPSA) is 64.3 Å². The molecule has 1 atom stereocenters. The normalized spacial score (nSPS) is 16.9. The lowest BCUT2D eigenvalue weighted by molar-refractivity contribution is 0.216. The molecule has 0 aromatic carbocycles. The summed E-state index contributed by atoms with van der Waals surface area (Å²) >= 11 is 3.38. The number of rotatable bonds is 7. The van der Waals surface area contributed by atoms with Gasteiger partial charge in [-0.1, -0.05) is 25.9 Å². The van der Waals surface area contributed by atoms with Crippen molar-refractivity contribution in [1.29, 1.82) is 0 Å². The van der Waals surface area contributed by atoms with Gasteiger partial charge in [0.25, 0.3) is 0 Å². The van der Waals surface area contributed by atoms with E-state index in [2.05, 4.69) is 56.7 Å². The quantitative estimate of drug-likeness (QED) is 0.645. The standard InChI is InChI=1S/C19H27BrN4O2/c1-13(2)18-22-19(26-23-18)24-9-6-15(7-10-24)14(3)8-11-25-17-5-4-16(20)12-21-17/h4-5,12-15H,6-11H2,1-3H3. The zero-order valence-electron chi connectivity index (χ0n) is 15.7. The van der Waals surface area contributed by atoms with Crippen LogP contribution in [0.3, 0.4) is 0 Å². The Bertz CT molecular complexity index is 681. The molecule has 0 radical (unpaired) electrons. The van der Waals surface area contributed by atoms with Gasteiger partial charge >= 0.3 is 6.01 Å². The van der Waals surface area contributed by atoms with Gasteiger partial charge in [0.2, 0.25) is 5.88 Å². The van der Waals surface area contributed by atoms with Crippen molar-refractivity contribution in [3.8, 4) is 5.88 Å². The maximum atomic E-state index is 5.76. The highest BCUT2D eigenvalue weighted by Crippen LogP contribution is 2.29. The second-order valence-electron chi connectivity index (χ2n) is 7.34. The summed E-state index contributed by atoms with van der Waals surface area (Å²) < 4.78 is 12.1. The summed E-state index contributed by atoms with van der Waals surface area (Å²) in [5, 5.41) is 4.07. The Hall–Kier alpha value is -1.63. The maximum Gasteiger partial charge on any atom is 0.324 e. The first kappa shape index (κ1) is 19.1. The Balaban J connectivity index is 1.41. The van der Waals surface area contributed by atoms with Gasteiger partial charge in [-0.05, 0) is 53.1 Å². The molecule has 6 nitrogen and oxygen atoms in total. The third-order valence-electron chi connectivity index (χ3n) is 5.09. The molecular formula is C19H27BrN4O2. The number of hydrogen-bond donors (Lipinski definition) is 0. The lowest BCUT2D eigenvalue weighted by atomic mass is 9.84. The van der Waals surface area contributed by atoms with Crippen molar-refractivity contribution in [2.24, 2.45) is 11.8 Å². The average Bonchev–Trinajstić information content (AvgIpc) is 3.14. The molecule has 3 rings (SSSR count). The van der Waals surface area contributed by atoms with Gasteiger partial charge in [0, 0.05) is 35.7 Å². The molecule has 1 unspecified atom stereocenters. The molecule has 7 heteroatoms. The summed E-state index contributed by atoms with van der Waals surface area (Å²) in [6.07, 6.45) is 5.10. The second-order valence-corrected chi connectivity index (χ2v) is 8.26. The van der Waals surface area contributed by atoms with Crippen molar-refractivity contribution in [2.75, 3.05) is 24.6 Å².